The molecule has 4 nitrogen and oxygen atoms in total. The van der Waals surface area contributed by atoms with Gasteiger partial charge in [0.1, 0.15) is 18.1 Å². The van der Waals surface area contributed by atoms with E-state index in [0.29, 0.717) is 6.61 Å². The van der Waals surface area contributed by atoms with Crippen molar-refractivity contribution in [2.75, 3.05) is 6.54 Å². The van der Waals surface area contributed by atoms with E-state index in [0.717, 1.165) is 35.9 Å². The number of aryl methyl sites for hydroxylation is 1. The zero-order valence-corrected chi connectivity index (χ0v) is 10.8. The van der Waals surface area contributed by atoms with Gasteiger partial charge in [0.15, 0.2) is 0 Å². The van der Waals surface area contributed by atoms with Crippen LogP contribution in [0.2, 0.25) is 0 Å². The fraction of sp³-hybridized carbons (Fsp3) is 0.357. The van der Waals surface area contributed by atoms with Gasteiger partial charge in [-0.05, 0) is 31.7 Å². The van der Waals surface area contributed by atoms with E-state index in [-0.39, 0.29) is 0 Å². The van der Waals surface area contributed by atoms with Gasteiger partial charge < -0.3 is 14.5 Å². The van der Waals surface area contributed by atoms with Gasteiger partial charge >= 0.3 is 0 Å². The molecule has 0 saturated carbocycles. The van der Waals surface area contributed by atoms with Gasteiger partial charge in [0.05, 0.1) is 12.0 Å². The number of nitrogens with one attached hydrogen (secondary N) is 1. The molecule has 0 aliphatic heterocycles. The van der Waals surface area contributed by atoms with Gasteiger partial charge in [-0.25, -0.2) is 0 Å². The van der Waals surface area contributed by atoms with Crippen molar-refractivity contribution in [2.45, 2.75) is 27.0 Å². The topological polar surface area (TPSA) is 47.3 Å². The van der Waals surface area contributed by atoms with Gasteiger partial charge in [-0.2, -0.15) is 0 Å². The summed E-state index contributed by atoms with van der Waals surface area (Å²) in [5.74, 6) is 1.62. The molecule has 0 unspecified atom stereocenters. The van der Waals surface area contributed by atoms with Crippen molar-refractivity contribution in [3.8, 4) is 5.75 Å². The van der Waals surface area contributed by atoms with Crippen LogP contribution in [0, 0.1) is 6.92 Å². The molecule has 0 atom stereocenters. The van der Waals surface area contributed by atoms with Gasteiger partial charge in [0.2, 0.25) is 0 Å². The first kappa shape index (κ1) is 12.6. The Bertz CT molecular complexity index is 494. The number of furan rings is 1. The summed E-state index contributed by atoms with van der Waals surface area (Å²) < 4.78 is 11.1. The van der Waals surface area contributed by atoms with Crippen molar-refractivity contribution < 1.29 is 9.15 Å². The Balaban J connectivity index is 1.90. The molecule has 0 radical (unpaired) electrons. The van der Waals surface area contributed by atoms with E-state index in [1.165, 1.54) is 0 Å². The zero-order valence-electron chi connectivity index (χ0n) is 10.8. The molecule has 2 aromatic heterocycles. The number of aromatic nitrogens is 1. The van der Waals surface area contributed by atoms with Gasteiger partial charge in [-0.1, -0.05) is 6.92 Å². The molecule has 0 aliphatic carbocycles. The monoisotopic (exact) mass is 246 g/mol. The first-order chi connectivity index (χ1) is 8.79. The largest absolute Gasteiger partial charge is 0.484 e. The Kier molecular flexibility index (Phi) is 4.36. The van der Waals surface area contributed by atoms with Crippen LogP contribution in [0.3, 0.4) is 0 Å². The lowest BCUT2D eigenvalue weighted by Gasteiger charge is -2.05. The Hall–Kier alpha value is -1.81. The van der Waals surface area contributed by atoms with E-state index in [4.69, 9.17) is 9.15 Å². The number of nitrogens with zero attached hydrogens (tertiary/aromatic N) is 1. The Morgan fingerprint density at radius 1 is 1.44 bits per heavy atom. The summed E-state index contributed by atoms with van der Waals surface area (Å²) in [6.45, 7) is 6.21. The number of hydrogen-bond donors (Lipinski definition) is 1. The van der Waals surface area contributed by atoms with Crippen LogP contribution in [0.5, 0.6) is 5.75 Å². The molecule has 4 heteroatoms. The molecule has 0 saturated heterocycles. The summed E-state index contributed by atoms with van der Waals surface area (Å²) in [6.07, 6.45) is 3.51. The predicted molar refractivity (Wildman–Crippen MR) is 69.4 cm³/mol. The van der Waals surface area contributed by atoms with E-state index in [1.54, 1.807) is 12.5 Å². The van der Waals surface area contributed by atoms with Crippen molar-refractivity contribution in [1.29, 1.82) is 0 Å². The first-order valence-electron chi connectivity index (χ1n) is 6.11. The van der Waals surface area contributed by atoms with Crippen molar-refractivity contribution in [1.82, 2.24) is 10.3 Å². The predicted octanol–water partition coefficient (Wildman–Crippen LogP) is 2.67. The average molecular weight is 246 g/mol. The fourth-order valence-corrected chi connectivity index (χ4v) is 1.63. The quantitative estimate of drug-likeness (QED) is 0.851. The molecule has 96 valence electrons. The molecular weight excluding hydrogens is 228 g/mol. The van der Waals surface area contributed by atoms with Crippen LogP contribution in [-0.4, -0.2) is 11.5 Å². The molecule has 0 fully saturated rings. The number of ether oxygens (including phenoxy) is 1. The van der Waals surface area contributed by atoms with Crippen molar-refractivity contribution in [2.24, 2.45) is 0 Å². The lowest BCUT2D eigenvalue weighted by Crippen LogP contribution is -2.10. The maximum Gasteiger partial charge on any atom is 0.146 e. The van der Waals surface area contributed by atoms with Gasteiger partial charge in [-0.3, -0.25) is 4.98 Å². The summed E-state index contributed by atoms with van der Waals surface area (Å²) in [4.78, 5) is 4.17. The lowest BCUT2D eigenvalue weighted by atomic mass is 10.3. The highest BCUT2D eigenvalue weighted by Crippen LogP contribution is 2.16. The Labute approximate surface area is 107 Å². The Morgan fingerprint density at radius 3 is 3.11 bits per heavy atom. The third-order valence-electron chi connectivity index (χ3n) is 2.62. The summed E-state index contributed by atoms with van der Waals surface area (Å²) in [7, 11) is 0. The molecule has 18 heavy (non-hydrogen) atoms. The standard InChI is InChI=1S/C14H18N2O2/c1-3-15-8-12-7-13(17-9-12)10-18-14-5-4-6-16-11(14)2/h4-7,9,15H,3,8,10H2,1-2H3. The molecule has 0 aromatic carbocycles. The van der Waals surface area contributed by atoms with Crippen molar-refractivity contribution in [3.05, 3.63) is 47.7 Å². The molecule has 2 rings (SSSR count). The summed E-state index contributed by atoms with van der Waals surface area (Å²) in [5.41, 5.74) is 2.02. The smallest absolute Gasteiger partial charge is 0.146 e. The zero-order chi connectivity index (χ0) is 12.8. The Morgan fingerprint density at radius 2 is 2.33 bits per heavy atom. The minimum absolute atomic E-state index is 0.429. The van der Waals surface area contributed by atoms with Crippen LogP contribution < -0.4 is 10.1 Å². The molecule has 2 heterocycles. The summed E-state index contributed by atoms with van der Waals surface area (Å²) in [5, 5.41) is 3.25. The number of rotatable bonds is 6. The molecule has 0 amide bonds. The number of pyridine rings is 1. The van der Waals surface area contributed by atoms with E-state index in [1.807, 2.05) is 25.1 Å². The maximum atomic E-state index is 5.66. The third kappa shape index (κ3) is 3.34. The van der Waals surface area contributed by atoms with Crippen LogP contribution in [0.15, 0.2) is 35.1 Å². The molecule has 0 bridgehead atoms. The number of hydrogen-bond acceptors (Lipinski definition) is 4. The van der Waals surface area contributed by atoms with E-state index >= 15 is 0 Å². The fourth-order valence-electron chi connectivity index (χ4n) is 1.63. The SMILES string of the molecule is CCNCc1coc(COc2cccnc2C)c1. The minimum atomic E-state index is 0.429. The van der Waals surface area contributed by atoms with Gasteiger partial charge in [0, 0.05) is 18.3 Å². The molecule has 0 aliphatic rings. The second kappa shape index (κ2) is 6.21. The van der Waals surface area contributed by atoms with Crippen LogP contribution in [0.1, 0.15) is 23.9 Å². The third-order valence-corrected chi connectivity index (χ3v) is 2.62. The highest BCUT2D eigenvalue weighted by atomic mass is 16.5. The van der Waals surface area contributed by atoms with E-state index in [2.05, 4.69) is 17.2 Å². The van der Waals surface area contributed by atoms with Crippen LogP contribution in [0.25, 0.3) is 0 Å². The highest BCUT2D eigenvalue weighted by Gasteiger charge is 2.04. The second-order valence-electron chi connectivity index (χ2n) is 4.08. The van der Waals surface area contributed by atoms with Crippen LogP contribution in [0.4, 0.5) is 0 Å². The van der Waals surface area contributed by atoms with E-state index < -0.39 is 0 Å². The van der Waals surface area contributed by atoms with Crippen molar-refractivity contribution in [3.63, 3.8) is 0 Å². The molecule has 2 aromatic rings. The first-order valence-corrected chi connectivity index (χ1v) is 6.11. The molecule has 0 spiro atoms. The maximum absolute atomic E-state index is 5.66. The highest BCUT2D eigenvalue weighted by molar-refractivity contribution is 5.25. The summed E-state index contributed by atoms with van der Waals surface area (Å²) >= 11 is 0. The van der Waals surface area contributed by atoms with Gasteiger partial charge in [-0.15, -0.1) is 0 Å². The van der Waals surface area contributed by atoms with Crippen molar-refractivity contribution >= 4 is 0 Å². The lowest BCUT2D eigenvalue weighted by molar-refractivity contribution is 0.267. The normalized spacial score (nSPS) is 10.6. The molecule has 1 N–H and O–H groups in total. The van der Waals surface area contributed by atoms with E-state index in [9.17, 15) is 0 Å². The summed E-state index contributed by atoms with van der Waals surface area (Å²) in [6, 6.07) is 5.78. The minimum Gasteiger partial charge on any atom is -0.484 e. The van der Waals surface area contributed by atoms with Crippen LogP contribution >= 0.6 is 0 Å². The van der Waals surface area contributed by atoms with Gasteiger partial charge in [0.25, 0.3) is 0 Å². The molecular formula is C14H18N2O2. The second-order valence-corrected chi connectivity index (χ2v) is 4.08. The van der Waals surface area contributed by atoms with Crippen LogP contribution in [-0.2, 0) is 13.2 Å². The average Bonchev–Trinajstić information content (AvgIpc) is 2.83.